The Balaban J connectivity index is 1.94. The fraction of sp³-hybridized carbons (Fsp3) is 0.308. The Morgan fingerprint density at radius 3 is 2.50 bits per heavy atom. The van der Waals surface area contributed by atoms with E-state index in [1.54, 1.807) is 56.4 Å². The highest BCUT2D eigenvalue weighted by Gasteiger charge is 2.27. The van der Waals surface area contributed by atoms with Gasteiger partial charge in [-0.1, -0.05) is 17.7 Å². The Labute approximate surface area is 208 Å². The number of ether oxygens (including phenoxy) is 2. The minimum Gasteiger partial charge on any atom is -0.491 e. The molecule has 4 aromatic rings. The molecule has 2 heterocycles. The number of rotatable bonds is 8. The average molecular weight is 514 g/mol. The number of nitrogens with zero attached hydrogens (tertiary/aromatic N) is 3. The van der Waals surface area contributed by atoms with Gasteiger partial charge in [-0.2, -0.15) is 0 Å². The van der Waals surface area contributed by atoms with Crippen molar-refractivity contribution in [1.29, 1.82) is 0 Å². The zero-order chi connectivity index (χ0) is 26.2. The number of hydrogen-bond donors (Lipinski definition) is 0. The first-order chi connectivity index (χ1) is 17.0. The number of pyridine rings is 1. The lowest BCUT2D eigenvalue weighted by Crippen LogP contribution is -2.31. The SMILES string of the molecule is CCOc1nc(C(CS(C)(=O)=O)n2c(=O)n(C)c3cc(-c4cc(C)ccc4F)ccc32)ccc1OC. The second-order valence-electron chi connectivity index (χ2n) is 8.68. The van der Waals surface area contributed by atoms with E-state index >= 15 is 0 Å². The van der Waals surface area contributed by atoms with Crippen LogP contribution in [0.25, 0.3) is 22.2 Å². The van der Waals surface area contributed by atoms with Gasteiger partial charge in [-0.05, 0) is 55.8 Å². The molecule has 0 radical (unpaired) electrons. The predicted octanol–water partition coefficient (Wildman–Crippen LogP) is 3.89. The molecular weight excluding hydrogens is 485 g/mol. The van der Waals surface area contributed by atoms with Gasteiger partial charge in [-0.15, -0.1) is 0 Å². The van der Waals surface area contributed by atoms with Gasteiger partial charge in [0.15, 0.2) is 5.75 Å². The molecule has 8 nitrogen and oxygen atoms in total. The third kappa shape index (κ3) is 4.86. The van der Waals surface area contributed by atoms with Gasteiger partial charge in [0.1, 0.15) is 15.7 Å². The molecule has 0 N–H and O–H groups in total. The van der Waals surface area contributed by atoms with Crippen molar-refractivity contribution in [2.24, 2.45) is 7.05 Å². The number of aromatic nitrogens is 3. The molecule has 36 heavy (non-hydrogen) atoms. The van der Waals surface area contributed by atoms with E-state index in [1.165, 1.54) is 22.3 Å². The van der Waals surface area contributed by atoms with Gasteiger partial charge in [0.05, 0.1) is 42.2 Å². The summed E-state index contributed by atoms with van der Waals surface area (Å²) in [5.41, 5.74) is 2.89. The smallest absolute Gasteiger partial charge is 0.329 e. The van der Waals surface area contributed by atoms with Gasteiger partial charge < -0.3 is 9.47 Å². The molecule has 1 atom stereocenters. The maximum absolute atomic E-state index is 14.6. The summed E-state index contributed by atoms with van der Waals surface area (Å²) < 4.78 is 53.2. The van der Waals surface area contributed by atoms with Crippen LogP contribution in [0.3, 0.4) is 0 Å². The summed E-state index contributed by atoms with van der Waals surface area (Å²) in [5, 5.41) is 0. The van der Waals surface area contributed by atoms with Crippen molar-refractivity contribution < 1.29 is 22.3 Å². The number of halogens is 1. The van der Waals surface area contributed by atoms with Crippen molar-refractivity contribution in [2.45, 2.75) is 19.9 Å². The van der Waals surface area contributed by atoms with Gasteiger partial charge in [0, 0.05) is 18.9 Å². The van der Waals surface area contributed by atoms with Crippen molar-refractivity contribution in [3.05, 3.63) is 76.1 Å². The number of methoxy groups -OCH3 is 1. The second kappa shape index (κ2) is 9.77. The Morgan fingerprint density at radius 2 is 1.83 bits per heavy atom. The largest absolute Gasteiger partial charge is 0.491 e. The molecule has 4 rings (SSSR count). The lowest BCUT2D eigenvalue weighted by molar-refractivity contribution is 0.296. The molecule has 10 heteroatoms. The highest BCUT2D eigenvalue weighted by Crippen LogP contribution is 2.32. The van der Waals surface area contributed by atoms with E-state index in [1.807, 2.05) is 6.92 Å². The van der Waals surface area contributed by atoms with E-state index < -0.39 is 21.6 Å². The molecule has 0 aliphatic heterocycles. The summed E-state index contributed by atoms with van der Waals surface area (Å²) >= 11 is 0. The molecule has 0 bridgehead atoms. The zero-order valence-electron chi connectivity index (χ0n) is 20.8. The van der Waals surface area contributed by atoms with E-state index in [2.05, 4.69) is 4.98 Å². The third-order valence-corrected chi connectivity index (χ3v) is 6.90. The van der Waals surface area contributed by atoms with E-state index in [0.717, 1.165) is 11.8 Å². The molecule has 0 amide bonds. The van der Waals surface area contributed by atoms with Crippen molar-refractivity contribution in [1.82, 2.24) is 14.1 Å². The number of benzene rings is 2. The molecule has 0 fully saturated rings. The maximum Gasteiger partial charge on any atom is 0.329 e. The van der Waals surface area contributed by atoms with Crippen LogP contribution in [0.2, 0.25) is 0 Å². The summed E-state index contributed by atoms with van der Waals surface area (Å²) in [6, 6.07) is 12.3. The first kappa shape index (κ1) is 25.4. The van der Waals surface area contributed by atoms with Crippen LogP contribution in [-0.2, 0) is 16.9 Å². The van der Waals surface area contributed by atoms with Crippen LogP contribution in [0.4, 0.5) is 4.39 Å². The van der Waals surface area contributed by atoms with E-state index in [-0.39, 0.29) is 17.5 Å². The first-order valence-corrected chi connectivity index (χ1v) is 13.4. The average Bonchev–Trinajstić information content (AvgIpc) is 3.08. The highest BCUT2D eigenvalue weighted by molar-refractivity contribution is 7.90. The summed E-state index contributed by atoms with van der Waals surface area (Å²) in [6.07, 6.45) is 1.11. The van der Waals surface area contributed by atoms with Crippen molar-refractivity contribution >= 4 is 20.9 Å². The molecule has 2 aromatic carbocycles. The molecule has 0 aliphatic carbocycles. The Morgan fingerprint density at radius 1 is 1.08 bits per heavy atom. The minimum absolute atomic E-state index is 0.210. The molecule has 0 saturated carbocycles. The quantitative estimate of drug-likeness (QED) is 0.355. The predicted molar refractivity (Wildman–Crippen MR) is 137 cm³/mol. The van der Waals surface area contributed by atoms with Gasteiger partial charge in [0.2, 0.25) is 0 Å². The van der Waals surface area contributed by atoms with Crippen LogP contribution in [0, 0.1) is 12.7 Å². The maximum atomic E-state index is 14.6. The number of aryl methyl sites for hydroxylation is 2. The van der Waals surface area contributed by atoms with Gasteiger partial charge in [0.25, 0.3) is 5.88 Å². The van der Waals surface area contributed by atoms with Gasteiger partial charge in [-0.3, -0.25) is 9.13 Å². The topological polar surface area (TPSA) is 92.4 Å². The second-order valence-corrected chi connectivity index (χ2v) is 10.9. The summed E-state index contributed by atoms with van der Waals surface area (Å²) in [7, 11) is -0.446. The van der Waals surface area contributed by atoms with Crippen LogP contribution < -0.4 is 15.2 Å². The highest BCUT2D eigenvalue weighted by atomic mass is 32.2. The monoisotopic (exact) mass is 513 g/mol. The molecule has 190 valence electrons. The lowest BCUT2D eigenvalue weighted by atomic mass is 10.0. The number of fused-ring (bicyclic) bond motifs is 1. The van der Waals surface area contributed by atoms with E-state index in [9.17, 15) is 17.6 Å². The van der Waals surface area contributed by atoms with Crippen LogP contribution in [0.15, 0.2) is 53.3 Å². The Hall–Kier alpha value is -3.66. The molecule has 0 saturated heterocycles. The van der Waals surface area contributed by atoms with Crippen LogP contribution in [-0.4, -0.2) is 48.3 Å². The fourth-order valence-electron chi connectivity index (χ4n) is 4.29. The molecule has 2 aromatic heterocycles. The van der Waals surface area contributed by atoms with Crippen LogP contribution in [0.5, 0.6) is 11.6 Å². The van der Waals surface area contributed by atoms with Gasteiger partial charge >= 0.3 is 5.69 Å². The zero-order valence-corrected chi connectivity index (χ0v) is 21.6. The Kier molecular flexibility index (Phi) is 6.90. The fourth-order valence-corrected chi connectivity index (χ4v) is 5.19. The van der Waals surface area contributed by atoms with Crippen molar-refractivity contribution in [3.63, 3.8) is 0 Å². The third-order valence-electron chi connectivity index (χ3n) is 5.98. The summed E-state index contributed by atoms with van der Waals surface area (Å²) in [5.74, 6) is -0.119. The normalized spacial score (nSPS) is 12.6. The number of hydrogen-bond acceptors (Lipinski definition) is 6. The molecule has 1 unspecified atom stereocenters. The van der Waals surface area contributed by atoms with E-state index in [0.29, 0.717) is 40.2 Å². The molecular formula is C26H28FN3O5S. The Bertz CT molecular complexity index is 1610. The number of sulfone groups is 1. The van der Waals surface area contributed by atoms with Crippen LogP contribution in [0.1, 0.15) is 24.2 Å². The summed E-state index contributed by atoms with van der Waals surface area (Å²) in [4.78, 5) is 18.0. The molecule has 0 aliphatic rings. The lowest BCUT2D eigenvalue weighted by Gasteiger charge is -2.19. The van der Waals surface area contributed by atoms with Crippen molar-refractivity contribution in [2.75, 3.05) is 25.7 Å². The van der Waals surface area contributed by atoms with Crippen molar-refractivity contribution in [3.8, 4) is 22.8 Å². The van der Waals surface area contributed by atoms with Gasteiger partial charge in [-0.25, -0.2) is 22.6 Å². The van der Waals surface area contributed by atoms with E-state index in [4.69, 9.17) is 9.47 Å². The van der Waals surface area contributed by atoms with Crippen LogP contribution >= 0.6 is 0 Å². The molecule has 0 spiro atoms. The standard InChI is InChI=1S/C26H28FN3O5S/c1-6-35-25-24(34-4)12-10-20(28-25)23(15-36(5,32)33)30-21-11-8-17(14-22(21)29(3)26(30)31)18-13-16(2)7-9-19(18)27/h7-14,23H,6,15H2,1-5H3. The first-order valence-electron chi connectivity index (χ1n) is 11.4. The minimum atomic E-state index is -3.53. The number of imidazole rings is 1. The summed E-state index contributed by atoms with van der Waals surface area (Å²) in [6.45, 7) is 4.00.